The van der Waals surface area contributed by atoms with E-state index >= 15 is 0 Å². The van der Waals surface area contributed by atoms with Crippen molar-refractivity contribution in [1.82, 2.24) is 5.32 Å². The maximum atomic E-state index is 10.3. The molecule has 16 heavy (non-hydrogen) atoms. The highest BCUT2D eigenvalue weighted by molar-refractivity contribution is 4.90. The van der Waals surface area contributed by atoms with Crippen molar-refractivity contribution in [2.45, 2.75) is 58.0 Å². The average molecular weight is 224 g/mol. The van der Waals surface area contributed by atoms with Gasteiger partial charge in [0.1, 0.15) is 0 Å². The predicted molar refractivity (Wildman–Crippen MR) is 64.9 cm³/mol. The van der Waals surface area contributed by atoms with E-state index in [2.05, 4.69) is 25.2 Å². The number of nitriles is 1. The molecule has 1 aliphatic rings. The molecule has 3 nitrogen and oxygen atoms in total. The van der Waals surface area contributed by atoms with Crippen molar-refractivity contribution in [1.29, 1.82) is 5.26 Å². The van der Waals surface area contributed by atoms with Crippen molar-refractivity contribution in [3.63, 3.8) is 0 Å². The van der Waals surface area contributed by atoms with Gasteiger partial charge in [-0.25, -0.2) is 0 Å². The molecule has 0 aromatic heterocycles. The van der Waals surface area contributed by atoms with Crippen LogP contribution in [-0.2, 0) is 0 Å². The van der Waals surface area contributed by atoms with Gasteiger partial charge in [-0.1, -0.05) is 13.8 Å². The molecule has 0 heterocycles. The van der Waals surface area contributed by atoms with E-state index in [1.807, 2.05) is 0 Å². The number of rotatable bonds is 5. The Balaban J connectivity index is 2.19. The van der Waals surface area contributed by atoms with Crippen LogP contribution in [0.3, 0.4) is 0 Å². The summed E-state index contributed by atoms with van der Waals surface area (Å²) < 4.78 is 0. The zero-order valence-corrected chi connectivity index (χ0v) is 10.6. The van der Waals surface area contributed by atoms with Crippen molar-refractivity contribution in [2.75, 3.05) is 13.1 Å². The fourth-order valence-corrected chi connectivity index (χ4v) is 2.18. The summed E-state index contributed by atoms with van der Waals surface area (Å²) in [6, 6.07) is 2.12. The van der Waals surface area contributed by atoms with Crippen LogP contribution in [0.4, 0.5) is 0 Å². The molecule has 0 amide bonds. The molecular weight excluding hydrogens is 200 g/mol. The molecule has 0 atom stereocenters. The van der Waals surface area contributed by atoms with E-state index in [-0.39, 0.29) is 0 Å². The number of aliphatic hydroxyl groups is 1. The molecule has 0 aliphatic heterocycles. The Morgan fingerprint density at radius 3 is 2.44 bits per heavy atom. The summed E-state index contributed by atoms with van der Waals surface area (Å²) in [7, 11) is 0. The van der Waals surface area contributed by atoms with Crippen molar-refractivity contribution in [2.24, 2.45) is 5.41 Å². The van der Waals surface area contributed by atoms with Gasteiger partial charge in [-0.15, -0.1) is 0 Å². The molecule has 2 N–H and O–H groups in total. The third-order valence-corrected chi connectivity index (χ3v) is 3.63. The summed E-state index contributed by atoms with van der Waals surface area (Å²) >= 11 is 0. The van der Waals surface area contributed by atoms with Crippen LogP contribution in [0, 0.1) is 16.7 Å². The van der Waals surface area contributed by atoms with Crippen LogP contribution in [0.1, 0.15) is 52.4 Å². The van der Waals surface area contributed by atoms with E-state index in [0.29, 0.717) is 18.4 Å². The summed E-state index contributed by atoms with van der Waals surface area (Å²) in [4.78, 5) is 0. The topological polar surface area (TPSA) is 56.0 Å². The van der Waals surface area contributed by atoms with Gasteiger partial charge in [-0.2, -0.15) is 5.26 Å². The predicted octanol–water partition coefficient (Wildman–Crippen LogP) is 2.21. The molecule has 0 spiro atoms. The Hall–Kier alpha value is -0.590. The molecule has 0 bridgehead atoms. The molecule has 0 saturated heterocycles. The third-order valence-electron chi connectivity index (χ3n) is 3.63. The van der Waals surface area contributed by atoms with E-state index in [4.69, 9.17) is 5.26 Å². The molecule has 1 aliphatic carbocycles. The van der Waals surface area contributed by atoms with Crippen LogP contribution < -0.4 is 5.32 Å². The van der Waals surface area contributed by atoms with Crippen LogP contribution in [0.15, 0.2) is 0 Å². The highest BCUT2D eigenvalue weighted by Crippen LogP contribution is 2.39. The highest BCUT2D eigenvalue weighted by atomic mass is 16.3. The second-order valence-electron chi connectivity index (χ2n) is 5.83. The van der Waals surface area contributed by atoms with Gasteiger partial charge >= 0.3 is 0 Å². The Kier molecular flexibility index (Phi) is 4.76. The number of nitrogens with one attached hydrogen (secondary N) is 1. The van der Waals surface area contributed by atoms with Crippen molar-refractivity contribution < 1.29 is 5.11 Å². The number of hydrogen-bond acceptors (Lipinski definition) is 3. The van der Waals surface area contributed by atoms with E-state index in [1.165, 1.54) is 0 Å². The first-order valence-electron chi connectivity index (χ1n) is 6.28. The van der Waals surface area contributed by atoms with Crippen LogP contribution in [0.25, 0.3) is 0 Å². The highest BCUT2D eigenvalue weighted by Gasteiger charge is 2.36. The smallest absolute Gasteiger partial charge is 0.0772 e. The molecule has 3 heteroatoms. The first-order valence-corrected chi connectivity index (χ1v) is 6.28. The molecule has 0 radical (unpaired) electrons. The molecule has 0 aromatic rings. The van der Waals surface area contributed by atoms with Crippen molar-refractivity contribution in [3.05, 3.63) is 0 Å². The van der Waals surface area contributed by atoms with E-state index < -0.39 is 5.60 Å². The van der Waals surface area contributed by atoms with Crippen LogP contribution >= 0.6 is 0 Å². The average Bonchev–Trinajstić information content (AvgIpc) is 2.23. The zero-order chi connectivity index (χ0) is 12.1. The number of nitrogens with zero attached hydrogens (tertiary/aromatic N) is 1. The summed E-state index contributed by atoms with van der Waals surface area (Å²) in [5, 5.41) is 22.0. The number of hydrogen-bond donors (Lipinski definition) is 2. The lowest BCUT2D eigenvalue weighted by atomic mass is 9.71. The van der Waals surface area contributed by atoms with Gasteiger partial charge in [0.25, 0.3) is 0 Å². The minimum Gasteiger partial charge on any atom is -0.389 e. The van der Waals surface area contributed by atoms with Gasteiger partial charge < -0.3 is 10.4 Å². The first kappa shape index (κ1) is 13.5. The third kappa shape index (κ3) is 4.51. The Morgan fingerprint density at radius 1 is 1.25 bits per heavy atom. The summed E-state index contributed by atoms with van der Waals surface area (Å²) in [5.74, 6) is 0. The quantitative estimate of drug-likeness (QED) is 0.704. The maximum absolute atomic E-state index is 10.3. The largest absolute Gasteiger partial charge is 0.389 e. The molecule has 92 valence electrons. The van der Waals surface area contributed by atoms with E-state index in [0.717, 1.165) is 38.6 Å². The monoisotopic (exact) mass is 224 g/mol. The van der Waals surface area contributed by atoms with Crippen LogP contribution in [0.2, 0.25) is 0 Å². The van der Waals surface area contributed by atoms with Crippen molar-refractivity contribution in [3.8, 4) is 6.07 Å². The molecule has 1 fully saturated rings. The van der Waals surface area contributed by atoms with Crippen LogP contribution in [0.5, 0.6) is 0 Å². The summed E-state index contributed by atoms with van der Waals surface area (Å²) in [5.41, 5.74) is -0.116. The first-order chi connectivity index (χ1) is 7.47. The summed E-state index contributed by atoms with van der Waals surface area (Å²) in [6.45, 7) is 6.05. The Bertz CT molecular complexity index is 245. The molecule has 0 aromatic carbocycles. The van der Waals surface area contributed by atoms with Gasteiger partial charge in [0.2, 0.25) is 0 Å². The fraction of sp³-hybridized carbons (Fsp3) is 0.923. The second kappa shape index (κ2) is 5.65. The van der Waals surface area contributed by atoms with Gasteiger partial charge in [0.15, 0.2) is 0 Å². The Morgan fingerprint density at radius 2 is 1.88 bits per heavy atom. The zero-order valence-electron chi connectivity index (χ0n) is 10.6. The van der Waals surface area contributed by atoms with Gasteiger partial charge in [-0.05, 0) is 44.1 Å². The van der Waals surface area contributed by atoms with Crippen molar-refractivity contribution >= 4 is 0 Å². The minimum atomic E-state index is -0.512. The lowest BCUT2D eigenvalue weighted by Gasteiger charge is -2.40. The maximum Gasteiger partial charge on any atom is 0.0772 e. The Labute approximate surface area is 98.8 Å². The lowest BCUT2D eigenvalue weighted by Crippen LogP contribution is -2.45. The molecule has 1 rings (SSSR count). The summed E-state index contributed by atoms with van der Waals surface area (Å²) in [6.07, 6.45) is 5.46. The lowest BCUT2D eigenvalue weighted by molar-refractivity contribution is -0.0241. The molecule has 1 saturated carbocycles. The van der Waals surface area contributed by atoms with Gasteiger partial charge in [-0.3, -0.25) is 0 Å². The fourth-order valence-electron chi connectivity index (χ4n) is 2.18. The van der Waals surface area contributed by atoms with Crippen LogP contribution in [-0.4, -0.2) is 23.8 Å². The number of unbranched alkanes of at least 4 members (excludes halogenated alkanes) is 1. The van der Waals surface area contributed by atoms with E-state index in [9.17, 15) is 5.11 Å². The standard InChI is InChI=1S/C13H24N2O/c1-12(2)5-7-13(16,8-6-12)11-15-10-4-3-9-14/h15-16H,3-8,10-11H2,1-2H3. The van der Waals surface area contributed by atoms with E-state index in [1.54, 1.807) is 0 Å². The van der Waals surface area contributed by atoms with Gasteiger partial charge in [0, 0.05) is 13.0 Å². The molecular formula is C13H24N2O. The molecule has 0 unspecified atom stereocenters. The minimum absolute atomic E-state index is 0.396. The van der Waals surface area contributed by atoms with Gasteiger partial charge in [0.05, 0.1) is 11.7 Å². The second-order valence-corrected chi connectivity index (χ2v) is 5.83. The SMILES string of the molecule is CC1(C)CCC(O)(CNCCCC#N)CC1. The normalized spacial score (nSPS) is 22.6.